The number of benzene rings is 3. The monoisotopic (exact) mass is 485 g/mol. The molecule has 0 spiro atoms. The van der Waals surface area contributed by atoms with E-state index in [4.69, 9.17) is 9.47 Å². The Labute approximate surface area is 210 Å². The Morgan fingerprint density at radius 1 is 1.00 bits per heavy atom. The van der Waals surface area contributed by atoms with Gasteiger partial charge in [0.15, 0.2) is 11.5 Å². The minimum Gasteiger partial charge on any atom is -0.486 e. The maximum absolute atomic E-state index is 13.4. The summed E-state index contributed by atoms with van der Waals surface area (Å²) in [4.78, 5) is 18.0. The van der Waals surface area contributed by atoms with Crippen LogP contribution in [0.3, 0.4) is 0 Å². The average Bonchev–Trinajstić information content (AvgIpc) is 2.90. The number of piperazine rings is 1. The third kappa shape index (κ3) is 5.14. The zero-order valence-electron chi connectivity index (χ0n) is 20.4. The average molecular weight is 486 g/mol. The number of halogens is 1. The van der Waals surface area contributed by atoms with Crippen LogP contribution in [0.2, 0.25) is 0 Å². The fourth-order valence-electron chi connectivity index (χ4n) is 4.38. The van der Waals surface area contributed by atoms with Crippen LogP contribution in [0.15, 0.2) is 60.7 Å². The smallest absolute Gasteiger partial charge is 0.259 e. The van der Waals surface area contributed by atoms with Gasteiger partial charge in [-0.1, -0.05) is 17.9 Å². The third-order valence-electron chi connectivity index (χ3n) is 6.55. The van der Waals surface area contributed by atoms with E-state index in [-0.39, 0.29) is 11.7 Å². The predicted molar refractivity (Wildman–Crippen MR) is 139 cm³/mol. The lowest BCUT2D eigenvalue weighted by Gasteiger charge is -2.39. The first kappa shape index (κ1) is 23.7. The van der Waals surface area contributed by atoms with Gasteiger partial charge < -0.3 is 24.6 Å². The number of hydrogen-bond acceptors (Lipinski definition) is 5. The van der Waals surface area contributed by atoms with Gasteiger partial charge in [0.1, 0.15) is 19.0 Å². The molecule has 5 rings (SSSR count). The Kier molecular flexibility index (Phi) is 6.79. The second-order valence-electron chi connectivity index (χ2n) is 9.05. The van der Waals surface area contributed by atoms with E-state index in [1.807, 2.05) is 18.2 Å². The van der Waals surface area contributed by atoms with E-state index >= 15 is 0 Å². The van der Waals surface area contributed by atoms with E-state index in [9.17, 15) is 9.18 Å². The van der Waals surface area contributed by atoms with Crippen LogP contribution in [-0.2, 0) is 0 Å². The maximum Gasteiger partial charge on any atom is 0.259 e. The highest BCUT2D eigenvalue weighted by molar-refractivity contribution is 6.08. The molecule has 0 saturated carbocycles. The number of nitrogens with zero attached hydrogens (tertiary/aromatic N) is 2. The molecule has 1 fully saturated rings. The van der Waals surface area contributed by atoms with Crippen LogP contribution in [0.4, 0.5) is 15.8 Å². The number of amides is 1. The molecule has 1 atom stereocenters. The van der Waals surface area contributed by atoms with Crippen molar-refractivity contribution in [2.24, 2.45) is 0 Å². The largest absolute Gasteiger partial charge is 0.486 e. The first-order chi connectivity index (χ1) is 17.5. The molecule has 0 aromatic heterocycles. The Bertz CT molecular complexity index is 1330. The van der Waals surface area contributed by atoms with Crippen molar-refractivity contribution in [1.82, 2.24) is 4.90 Å². The lowest BCUT2D eigenvalue weighted by Crippen LogP contribution is -2.50. The molecule has 0 aliphatic carbocycles. The van der Waals surface area contributed by atoms with Gasteiger partial charge in [-0.3, -0.25) is 4.79 Å². The number of carbonyl (C=O) groups is 1. The summed E-state index contributed by atoms with van der Waals surface area (Å²) in [6.07, 6.45) is 0. The molecule has 7 heteroatoms. The van der Waals surface area contributed by atoms with Crippen molar-refractivity contribution >= 4 is 17.3 Å². The third-order valence-corrected chi connectivity index (χ3v) is 6.55. The number of fused-ring (bicyclic) bond motifs is 1. The number of rotatable bonds is 3. The Morgan fingerprint density at radius 2 is 1.75 bits per heavy atom. The van der Waals surface area contributed by atoms with Crippen LogP contribution in [0.5, 0.6) is 11.5 Å². The van der Waals surface area contributed by atoms with E-state index in [2.05, 4.69) is 40.9 Å². The van der Waals surface area contributed by atoms with Gasteiger partial charge in [-0.2, -0.15) is 0 Å². The molecule has 6 nitrogen and oxygen atoms in total. The lowest BCUT2D eigenvalue weighted by atomic mass is 10.1. The van der Waals surface area contributed by atoms with Gasteiger partial charge in [-0.05, 0) is 68.6 Å². The molecule has 1 saturated heterocycles. The number of hydrogen-bond donors (Lipinski definition) is 1. The zero-order chi connectivity index (χ0) is 25.1. The first-order valence-electron chi connectivity index (χ1n) is 12.0. The summed E-state index contributed by atoms with van der Waals surface area (Å²) in [5, 5.41) is 3.10. The lowest BCUT2D eigenvalue weighted by molar-refractivity contribution is 0.101. The van der Waals surface area contributed by atoms with Crippen LogP contribution in [-0.4, -0.2) is 56.7 Å². The molecular weight excluding hydrogens is 457 g/mol. The summed E-state index contributed by atoms with van der Waals surface area (Å²) in [7, 11) is 2.12. The number of ether oxygens (including phenoxy) is 2. The van der Waals surface area contributed by atoms with Crippen LogP contribution in [0.25, 0.3) is 0 Å². The fourth-order valence-corrected chi connectivity index (χ4v) is 4.38. The highest BCUT2D eigenvalue weighted by Crippen LogP contribution is 2.35. The van der Waals surface area contributed by atoms with E-state index in [1.54, 1.807) is 30.3 Å². The molecule has 1 N–H and O–H groups in total. The van der Waals surface area contributed by atoms with Crippen LogP contribution in [0, 0.1) is 17.7 Å². The van der Waals surface area contributed by atoms with Crippen molar-refractivity contribution < 1.29 is 18.7 Å². The first-order valence-corrected chi connectivity index (χ1v) is 12.0. The van der Waals surface area contributed by atoms with Crippen LogP contribution in [0.1, 0.15) is 28.4 Å². The van der Waals surface area contributed by atoms with Crippen molar-refractivity contribution in [3.63, 3.8) is 0 Å². The van der Waals surface area contributed by atoms with Crippen molar-refractivity contribution in [2.75, 3.05) is 50.1 Å². The standard InChI is InChI=1S/C29H28FN3O3/c1-20-19-33(15-14-32(20)2)26-13-10-22(7-6-21-8-11-23(30)12-9-21)18-25(26)31-29(34)24-4-3-5-27-28(24)36-17-16-35-27/h3-5,8-13,18,20H,14-17,19H2,1-2H3,(H,31,34)/t20-/m0/s1. The molecule has 3 aromatic rings. The molecule has 184 valence electrons. The second-order valence-corrected chi connectivity index (χ2v) is 9.05. The normalized spacial score (nSPS) is 17.2. The minimum atomic E-state index is -0.297. The maximum atomic E-state index is 13.4. The summed E-state index contributed by atoms with van der Waals surface area (Å²) < 4.78 is 24.6. The van der Waals surface area contributed by atoms with Gasteiger partial charge in [0.05, 0.1) is 16.9 Å². The van der Waals surface area contributed by atoms with Gasteiger partial charge in [0, 0.05) is 36.8 Å². The van der Waals surface area contributed by atoms with Gasteiger partial charge in [-0.25, -0.2) is 4.39 Å². The highest BCUT2D eigenvalue weighted by atomic mass is 19.1. The molecule has 2 aliphatic heterocycles. The Morgan fingerprint density at radius 3 is 2.56 bits per heavy atom. The fraction of sp³-hybridized carbons (Fsp3) is 0.276. The minimum absolute atomic E-state index is 0.274. The molecular formula is C29H28FN3O3. The zero-order valence-corrected chi connectivity index (χ0v) is 20.4. The number of anilines is 2. The van der Waals surface area contributed by atoms with Crippen molar-refractivity contribution in [3.8, 4) is 23.3 Å². The van der Waals surface area contributed by atoms with E-state index in [1.165, 1.54) is 12.1 Å². The molecule has 0 bridgehead atoms. The molecule has 36 heavy (non-hydrogen) atoms. The van der Waals surface area contributed by atoms with Crippen LogP contribution >= 0.6 is 0 Å². The van der Waals surface area contributed by atoms with E-state index in [0.29, 0.717) is 47.6 Å². The molecule has 1 amide bonds. The van der Waals surface area contributed by atoms with E-state index in [0.717, 1.165) is 30.9 Å². The Hall–Kier alpha value is -4.02. The van der Waals surface area contributed by atoms with Gasteiger partial charge in [0.2, 0.25) is 0 Å². The number of carbonyl (C=O) groups excluding carboxylic acids is 1. The topological polar surface area (TPSA) is 54.0 Å². The summed E-state index contributed by atoms with van der Waals surface area (Å²) in [6.45, 7) is 5.67. The van der Waals surface area contributed by atoms with Crippen molar-refractivity contribution in [3.05, 3.63) is 83.2 Å². The van der Waals surface area contributed by atoms with Gasteiger partial charge in [-0.15, -0.1) is 0 Å². The second kappa shape index (κ2) is 10.3. The van der Waals surface area contributed by atoms with Crippen molar-refractivity contribution in [1.29, 1.82) is 0 Å². The summed E-state index contributed by atoms with van der Waals surface area (Å²) in [6, 6.07) is 17.6. The summed E-state index contributed by atoms with van der Waals surface area (Å²) in [5.41, 5.74) is 3.50. The van der Waals surface area contributed by atoms with Crippen molar-refractivity contribution in [2.45, 2.75) is 13.0 Å². The quantitative estimate of drug-likeness (QED) is 0.558. The molecule has 2 heterocycles. The highest BCUT2D eigenvalue weighted by Gasteiger charge is 2.25. The molecule has 0 radical (unpaired) electrons. The SMILES string of the molecule is C[C@H]1CN(c2ccc(C#Cc3ccc(F)cc3)cc2NC(=O)c2cccc3c2OCCO3)CCN1C. The molecule has 0 unspecified atom stereocenters. The van der Waals surface area contributed by atoms with E-state index < -0.39 is 0 Å². The predicted octanol–water partition coefficient (Wildman–Crippen LogP) is 4.39. The van der Waals surface area contributed by atoms with Gasteiger partial charge in [0.25, 0.3) is 5.91 Å². The Balaban J connectivity index is 1.47. The van der Waals surface area contributed by atoms with Crippen LogP contribution < -0.4 is 19.7 Å². The summed E-state index contributed by atoms with van der Waals surface area (Å²) in [5.74, 6) is 6.66. The number of likely N-dealkylation sites (N-methyl/N-ethyl adjacent to an activating group) is 1. The number of para-hydroxylation sites is 1. The molecule has 3 aromatic carbocycles. The number of nitrogens with one attached hydrogen (secondary N) is 1. The van der Waals surface area contributed by atoms with Gasteiger partial charge >= 0.3 is 0 Å². The molecule has 2 aliphatic rings. The summed E-state index contributed by atoms with van der Waals surface area (Å²) >= 11 is 0.